The van der Waals surface area contributed by atoms with Gasteiger partial charge < -0.3 is 9.42 Å². The van der Waals surface area contributed by atoms with Gasteiger partial charge in [-0.2, -0.15) is 22.5 Å². The number of piperazine rings is 1. The van der Waals surface area contributed by atoms with Gasteiger partial charge >= 0.3 is 6.18 Å². The van der Waals surface area contributed by atoms with Gasteiger partial charge in [0.2, 0.25) is 27.6 Å². The Morgan fingerprint density at radius 1 is 0.971 bits per heavy atom. The molecule has 0 N–H and O–H groups in total. The lowest BCUT2D eigenvalue weighted by atomic mass is 10.2. The number of benzene rings is 2. The number of nitrogens with zero attached hydrogens (tertiary/aromatic N) is 4. The summed E-state index contributed by atoms with van der Waals surface area (Å²) in [6.45, 7) is 0.456. The van der Waals surface area contributed by atoms with E-state index < -0.39 is 21.8 Å². The van der Waals surface area contributed by atoms with Gasteiger partial charge in [0.25, 0.3) is 0 Å². The van der Waals surface area contributed by atoms with Crippen LogP contribution in [0.4, 0.5) is 13.2 Å². The maximum atomic E-state index is 12.8. The van der Waals surface area contributed by atoms with E-state index in [0.717, 1.165) is 29.8 Å². The molecule has 0 unspecified atom stereocenters. The molecule has 2 aromatic carbocycles. The van der Waals surface area contributed by atoms with Gasteiger partial charge in [0.1, 0.15) is 0 Å². The summed E-state index contributed by atoms with van der Waals surface area (Å²) in [6.07, 6.45) is -4.16. The molecule has 180 valence electrons. The van der Waals surface area contributed by atoms with Crippen LogP contribution in [-0.4, -0.2) is 59.8 Å². The van der Waals surface area contributed by atoms with Crippen LogP contribution in [0.25, 0.3) is 11.4 Å². The first kappa shape index (κ1) is 23.9. The molecule has 1 saturated heterocycles. The van der Waals surface area contributed by atoms with Crippen molar-refractivity contribution in [1.29, 1.82) is 0 Å². The minimum absolute atomic E-state index is 0.0494. The Kier molecular flexibility index (Phi) is 6.71. The number of aryl methyl sites for hydroxylation is 1. The van der Waals surface area contributed by atoms with E-state index in [4.69, 9.17) is 4.52 Å². The van der Waals surface area contributed by atoms with Gasteiger partial charge in [0, 0.05) is 44.6 Å². The van der Waals surface area contributed by atoms with Crippen LogP contribution in [0.15, 0.2) is 64.0 Å². The molecule has 1 aliphatic heterocycles. The molecule has 0 aliphatic carbocycles. The molecule has 0 bridgehead atoms. The quantitative estimate of drug-likeness (QED) is 0.522. The van der Waals surface area contributed by atoms with Gasteiger partial charge in [-0.05, 0) is 24.3 Å². The van der Waals surface area contributed by atoms with Crippen LogP contribution in [0.1, 0.15) is 17.9 Å². The number of hydrogen-bond acceptors (Lipinski definition) is 6. The summed E-state index contributed by atoms with van der Waals surface area (Å²) >= 11 is 0. The topological polar surface area (TPSA) is 96.6 Å². The minimum atomic E-state index is -4.54. The molecule has 0 spiro atoms. The van der Waals surface area contributed by atoms with Gasteiger partial charge in [-0.15, -0.1) is 0 Å². The summed E-state index contributed by atoms with van der Waals surface area (Å²) in [5.74, 6) is 0.590. The Morgan fingerprint density at radius 3 is 2.24 bits per heavy atom. The number of halogens is 3. The molecule has 34 heavy (non-hydrogen) atoms. The van der Waals surface area contributed by atoms with E-state index in [9.17, 15) is 26.4 Å². The number of aromatic nitrogens is 2. The number of carbonyl (C=O) groups is 1. The van der Waals surface area contributed by atoms with E-state index in [-0.39, 0.29) is 49.8 Å². The lowest BCUT2D eigenvalue weighted by Gasteiger charge is -2.34. The zero-order chi connectivity index (χ0) is 24.3. The molecule has 1 aliphatic rings. The molecule has 4 rings (SSSR count). The Bertz CT molecular complexity index is 1240. The van der Waals surface area contributed by atoms with Crippen molar-refractivity contribution < 1.29 is 30.9 Å². The Morgan fingerprint density at radius 2 is 1.62 bits per heavy atom. The molecule has 1 amide bonds. The fourth-order valence-electron chi connectivity index (χ4n) is 3.58. The first-order chi connectivity index (χ1) is 16.1. The third-order valence-corrected chi connectivity index (χ3v) is 7.38. The number of rotatable bonds is 6. The lowest BCUT2D eigenvalue weighted by molar-refractivity contribution is -0.137. The van der Waals surface area contributed by atoms with Crippen LogP contribution in [-0.2, 0) is 27.4 Å². The lowest BCUT2D eigenvalue weighted by Crippen LogP contribution is -2.50. The second-order valence-electron chi connectivity index (χ2n) is 7.68. The summed E-state index contributed by atoms with van der Waals surface area (Å²) in [5.41, 5.74) is -0.117. The number of sulfonamides is 1. The molecular weight excluding hydrogens is 473 g/mol. The molecule has 0 saturated carbocycles. The molecule has 0 radical (unpaired) electrons. The molecule has 1 fully saturated rings. The van der Waals surface area contributed by atoms with E-state index >= 15 is 0 Å². The largest absolute Gasteiger partial charge is 0.416 e. The highest BCUT2D eigenvalue weighted by Gasteiger charge is 2.33. The van der Waals surface area contributed by atoms with E-state index in [0.29, 0.717) is 11.7 Å². The van der Waals surface area contributed by atoms with E-state index in [1.54, 1.807) is 4.90 Å². The number of hydrogen-bond donors (Lipinski definition) is 0. The van der Waals surface area contributed by atoms with Crippen LogP contribution in [0.5, 0.6) is 0 Å². The molecule has 3 aromatic rings. The van der Waals surface area contributed by atoms with E-state index in [2.05, 4.69) is 10.1 Å². The van der Waals surface area contributed by atoms with Gasteiger partial charge in [0.15, 0.2) is 0 Å². The summed E-state index contributed by atoms with van der Waals surface area (Å²) in [5, 5.41) is 3.91. The van der Waals surface area contributed by atoms with Crippen molar-refractivity contribution in [2.75, 3.05) is 26.2 Å². The SMILES string of the molecule is O=C(CCc1nc(-c2ccccc2)no1)N1CCN(S(=O)(=O)c2ccc(C(F)(F)F)cc2)CC1. The fraction of sp³-hybridized carbons (Fsp3) is 0.318. The Labute approximate surface area is 194 Å². The minimum Gasteiger partial charge on any atom is -0.340 e. The third-order valence-electron chi connectivity index (χ3n) is 5.46. The van der Waals surface area contributed by atoms with Gasteiger partial charge in [0.05, 0.1) is 10.5 Å². The van der Waals surface area contributed by atoms with Crippen molar-refractivity contribution in [1.82, 2.24) is 19.3 Å². The highest BCUT2D eigenvalue weighted by atomic mass is 32.2. The third kappa shape index (κ3) is 5.28. The van der Waals surface area contributed by atoms with Crippen molar-refractivity contribution in [2.24, 2.45) is 0 Å². The second kappa shape index (κ2) is 9.55. The van der Waals surface area contributed by atoms with Crippen molar-refractivity contribution in [3.8, 4) is 11.4 Å². The first-order valence-corrected chi connectivity index (χ1v) is 11.9. The number of carbonyl (C=O) groups excluding carboxylic acids is 1. The van der Waals surface area contributed by atoms with Crippen LogP contribution in [0.3, 0.4) is 0 Å². The molecule has 12 heteroatoms. The van der Waals surface area contributed by atoms with Crippen LogP contribution < -0.4 is 0 Å². The highest BCUT2D eigenvalue weighted by Crippen LogP contribution is 2.30. The second-order valence-corrected chi connectivity index (χ2v) is 9.62. The maximum absolute atomic E-state index is 12.8. The average molecular weight is 494 g/mol. The molecular formula is C22H21F3N4O4S. The number of amides is 1. The van der Waals surface area contributed by atoms with Crippen LogP contribution >= 0.6 is 0 Å². The zero-order valence-electron chi connectivity index (χ0n) is 17.9. The van der Waals surface area contributed by atoms with Gasteiger partial charge in [-0.1, -0.05) is 35.5 Å². The van der Waals surface area contributed by atoms with Crippen molar-refractivity contribution in [3.05, 3.63) is 66.1 Å². The smallest absolute Gasteiger partial charge is 0.340 e. The standard InChI is InChI=1S/C22H21F3N4O4S/c23-22(24,25)17-6-8-18(9-7-17)34(31,32)29-14-12-28(13-15-29)20(30)11-10-19-26-21(27-33-19)16-4-2-1-3-5-16/h1-9H,10-15H2. The first-order valence-electron chi connectivity index (χ1n) is 10.5. The summed E-state index contributed by atoms with van der Waals surface area (Å²) in [6, 6.07) is 12.7. The van der Waals surface area contributed by atoms with Crippen molar-refractivity contribution >= 4 is 15.9 Å². The predicted molar refractivity (Wildman–Crippen MR) is 115 cm³/mol. The average Bonchev–Trinajstić information content (AvgIpc) is 3.32. The Hall–Kier alpha value is -3.25. The normalized spacial score (nSPS) is 15.4. The van der Waals surface area contributed by atoms with Crippen LogP contribution in [0, 0.1) is 0 Å². The monoisotopic (exact) mass is 494 g/mol. The van der Waals surface area contributed by atoms with Crippen LogP contribution in [0.2, 0.25) is 0 Å². The van der Waals surface area contributed by atoms with Crippen molar-refractivity contribution in [3.63, 3.8) is 0 Å². The Balaban J connectivity index is 1.30. The van der Waals surface area contributed by atoms with E-state index in [1.807, 2.05) is 30.3 Å². The van der Waals surface area contributed by atoms with Crippen molar-refractivity contribution in [2.45, 2.75) is 23.9 Å². The maximum Gasteiger partial charge on any atom is 0.416 e. The predicted octanol–water partition coefficient (Wildman–Crippen LogP) is 3.22. The summed E-state index contributed by atoms with van der Waals surface area (Å²) in [4.78, 5) is 18.2. The zero-order valence-corrected chi connectivity index (χ0v) is 18.7. The molecule has 0 atom stereocenters. The summed E-state index contributed by atoms with van der Waals surface area (Å²) in [7, 11) is -3.96. The van der Waals surface area contributed by atoms with E-state index in [1.165, 1.54) is 4.31 Å². The van der Waals surface area contributed by atoms with Gasteiger partial charge in [-0.25, -0.2) is 8.42 Å². The number of alkyl halides is 3. The molecule has 1 aromatic heterocycles. The fourth-order valence-corrected chi connectivity index (χ4v) is 5.00. The summed E-state index contributed by atoms with van der Waals surface area (Å²) < 4.78 is 70.1. The van der Waals surface area contributed by atoms with Gasteiger partial charge in [-0.3, -0.25) is 4.79 Å². The highest BCUT2D eigenvalue weighted by molar-refractivity contribution is 7.89. The molecule has 8 nitrogen and oxygen atoms in total. The molecule has 2 heterocycles.